The van der Waals surface area contributed by atoms with E-state index in [1.165, 1.54) is 4.88 Å². The third-order valence-electron chi connectivity index (χ3n) is 2.50. The molecule has 0 amide bonds. The van der Waals surface area contributed by atoms with Crippen molar-refractivity contribution in [3.8, 4) is 0 Å². The van der Waals surface area contributed by atoms with Crippen molar-refractivity contribution in [3.63, 3.8) is 0 Å². The molecule has 0 bridgehead atoms. The van der Waals surface area contributed by atoms with Crippen LogP contribution in [0.15, 0.2) is 6.07 Å². The molecule has 0 N–H and O–H groups in total. The fourth-order valence-corrected chi connectivity index (χ4v) is 3.05. The molecule has 0 aliphatic carbocycles. The van der Waals surface area contributed by atoms with E-state index in [1.54, 1.807) is 11.3 Å². The Kier molecular flexibility index (Phi) is 4.50. The largest absolute Gasteiger partial charge is 0.298 e. The second-order valence-corrected chi connectivity index (χ2v) is 7.44. The Morgan fingerprint density at radius 3 is 2.35 bits per heavy atom. The number of thiophene rings is 1. The summed E-state index contributed by atoms with van der Waals surface area (Å²) in [5, 5.41) is 0. The number of carbonyl (C=O) groups is 1. The maximum Gasteiger partial charge on any atom is 0.177 e. The highest BCUT2D eigenvalue weighted by Gasteiger charge is 2.18. The number of hydrogen-bond donors (Lipinski definition) is 0. The zero-order chi connectivity index (χ0) is 13.2. The van der Waals surface area contributed by atoms with Gasteiger partial charge in [-0.1, -0.05) is 20.8 Å². The van der Waals surface area contributed by atoms with Crippen molar-refractivity contribution in [1.82, 2.24) is 4.90 Å². The molecule has 2 nitrogen and oxygen atoms in total. The van der Waals surface area contributed by atoms with Crippen LogP contribution in [0, 0.1) is 19.3 Å². The zero-order valence-corrected chi connectivity index (χ0v) is 12.6. The Labute approximate surface area is 109 Å². The van der Waals surface area contributed by atoms with E-state index in [2.05, 4.69) is 25.7 Å². The van der Waals surface area contributed by atoms with E-state index in [4.69, 9.17) is 0 Å². The first-order valence-electron chi connectivity index (χ1n) is 5.98. The lowest BCUT2D eigenvalue weighted by Crippen LogP contribution is -2.33. The minimum atomic E-state index is 0.231. The van der Waals surface area contributed by atoms with Crippen LogP contribution in [0.25, 0.3) is 0 Å². The van der Waals surface area contributed by atoms with Crippen LogP contribution >= 0.6 is 11.3 Å². The highest BCUT2D eigenvalue weighted by atomic mass is 32.1. The lowest BCUT2D eigenvalue weighted by Gasteiger charge is -2.25. The van der Waals surface area contributed by atoms with Gasteiger partial charge >= 0.3 is 0 Å². The summed E-state index contributed by atoms with van der Waals surface area (Å²) in [7, 11) is 2.01. The number of aryl methyl sites for hydroxylation is 2. The summed E-state index contributed by atoms with van der Waals surface area (Å²) in [5.74, 6) is 0.235. The van der Waals surface area contributed by atoms with Gasteiger partial charge in [-0.25, -0.2) is 0 Å². The SMILES string of the molecule is Cc1cc(C(=O)CN(C)CC(C)(C)C)c(C)s1. The fraction of sp³-hybridized carbons (Fsp3) is 0.643. The molecule has 1 aromatic rings. The standard InChI is InChI=1S/C14H23NOS/c1-10-7-12(11(2)17-10)13(16)8-15(6)9-14(3,4)5/h7H,8-9H2,1-6H3. The molecule has 3 heteroatoms. The van der Waals surface area contributed by atoms with Gasteiger partial charge in [-0.2, -0.15) is 0 Å². The van der Waals surface area contributed by atoms with Crippen LogP contribution in [-0.2, 0) is 0 Å². The Balaban J connectivity index is 2.64. The van der Waals surface area contributed by atoms with E-state index in [1.807, 2.05) is 27.0 Å². The van der Waals surface area contributed by atoms with Crippen molar-refractivity contribution in [3.05, 3.63) is 21.4 Å². The normalized spacial score (nSPS) is 12.2. The second-order valence-electron chi connectivity index (χ2n) is 5.98. The van der Waals surface area contributed by atoms with Crippen LogP contribution in [0.5, 0.6) is 0 Å². The van der Waals surface area contributed by atoms with Gasteiger partial charge < -0.3 is 0 Å². The predicted octanol–water partition coefficient (Wildman–Crippen LogP) is 3.53. The topological polar surface area (TPSA) is 20.3 Å². The summed E-state index contributed by atoms with van der Waals surface area (Å²) in [4.78, 5) is 16.6. The number of ketones is 1. The van der Waals surface area contributed by atoms with Gasteiger partial charge in [0.25, 0.3) is 0 Å². The van der Waals surface area contributed by atoms with Crippen LogP contribution in [0.1, 0.15) is 40.9 Å². The van der Waals surface area contributed by atoms with Gasteiger partial charge in [0.15, 0.2) is 5.78 Å². The second kappa shape index (κ2) is 5.32. The van der Waals surface area contributed by atoms with Crippen molar-refractivity contribution in [2.75, 3.05) is 20.1 Å². The molecule has 0 atom stereocenters. The Bertz CT molecular complexity index is 401. The van der Waals surface area contributed by atoms with E-state index >= 15 is 0 Å². The smallest absolute Gasteiger partial charge is 0.177 e. The van der Waals surface area contributed by atoms with E-state index < -0.39 is 0 Å². The minimum Gasteiger partial charge on any atom is -0.298 e. The molecule has 0 spiro atoms. The Morgan fingerprint density at radius 1 is 1.35 bits per heavy atom. The van der Waals surface area contributed by atoms with E-state index in [0.717, 1.165) is 17.0 Å². The van der Waals surface area contributed by atoms with Gasteiger partial charge in [0.05, 0.1) is 6.54 Å². The summed E-state index contributed by atoms with van der Waals surface area (Å²) in [5.41, 5.74) is 1.13. The quantitative estimate of drug-likeness (QED) is 0.765. The molecule has 0 fully saturated rings. The summed E-state index contributed by atoms with van der Waals surface area (Å²) in [6.07, 6.45) is 0. The molecule has 1 heterocycles. The third kappa shape index (κ3) is 4.60. The molecule has 0 aliphatic rings. The summed E-state index contributed by atoms with van der Waals surface area (Å²) >= 11 is 1.70. The maximum absolute atomic E-state index is 12.1. The predicted molar refractivity (Wildman–Crippen MR) is 75.1 cm³/mol. The minimum absolute atomic E-state index is 0.231. The molecule has 0 saturated carbocycles. The van der Waals surface area contributed by atoms with Crippen molar-refractivity contribution in [2.45, 2.75) is 34.6 Å². The number of rotatable bonds is 4. The zero-order valence-electron chi connectivity index (χ0n) is 11.8. The highest BCUT2D eigenvalue weighted by Crippen LogP contribution is 2.21. The molecule has 17 heavy (non-hydrogen) atoms. The summed E-state index contributed by atoms with van der Waals surface area (Å²) in [6.45, 7) is 12.1. The van der Waals surface area contributed by atoms with Crippen LogP contribution in [-0.4, -0.2) is 30.8 Å². The van der Waals surface area contributed by atoms with E-state index in [9.17, 15) is 4.79 Å². The summed E-state index contributed by atoms with van der Waals surface area (Å²) < 4.78 is 0. The molecule has 1 rings (SSSR count). The van der Waals surface area contributed by atoms with E-state index in [-0.39, 0.29) is 11.2 Å². The lowest BCUT2D eigenvalue weighted by molar-refractivity contribution is 0.0927. The fourth-order valence-electron chi connectivity index (χ4n) is 2.10. The molecule has 0 unspecified atom stereocenters. The Morgan fingerprint density at radius 2 is 1.94 bits per heavy atom. The van der Waals surface area contributed by atoms with Crippen LogP contribution < -0.4 is 0 Å². The van der Waals surface area contributed by atoms with Gasteiger partial charge in [-0.3, -0.25) is 9.69 Å². The number of Topliss-reactive ketones (excluding diaryl/α,β-unsaturated/α-hetero) is 1. The van der Waals surface area contributed by atoms with Gasteiger partial charge in [0.1, 0.15) is 0 Å². The third-order valence-corrected chi connectivity index (χ3v) is 3.47. The molecule has 0 aliphatic heterocycles. The number of nitrogens with zero attached hydrogens (tertiary/aromatic N) is 1. The lowest BCUT2D eigenvalue weighted by atomic mass is 9.96. The van der Waals surface area contributed by atoms with Gasteiger partial charge in [-0.05, 0) is 32.4 Å². The first-order valence-corrected chi connectivity index (χ1v) is 6.79. The summed E-state index contributed by atoms with van der Waals surface area (Å²) in [6, 6.07) is 2.01. The molecule has 0 radical (unpaired) electrons. The van der Waals surface area contributed by atoms with Gasteiger partial charge in [-0.15, -0.1) is 11.3 Å². The van der Waals surface area contributed by atoms with Crippen LogP contribution in [0.4, 0.5) is 0 Å². The van der Waals surface area contributed by atoms with Gasteiger partial charge in [0.2, 0.25) is 0 Å². The monoisotopic (exact) mass is 253 g/mol. The molecule has 96 valence electrons. The molecule has 1 aromatic heterocycles. The average Bonchev–Trinajstić information content (AvgIpc) is 2.41. The Hall–Kier alpha value is -0.670. The molecular formula is C14H23NOS. The highest BCUT2D eigenvalue weighted by molar-refractivity contribution is 7.12. The van der Waals surface area contributed by atoms with Crippen molar-refractivity contribution in [1.29, 1.82) is 0 Å². The molecule has 0 aromatic carbocycles. The van der Waals surface area contributed by atoms with Gasteiger partial charge in [0, 0.05) is 21.9 Å². The van der Waals surface area contributed by atoms with Crippen LogP contribution in [0.3, 0.4) is 0 Å². The first kappa shape index (κ1) is 14.4. The van der Waals surface area contributed by atoms with Crippen molar-refractivity contribution < 1.29 is 4.79 Å². The van der Waals surface area contributed by atoms with E-state index in [0.29, 0.717) is 6.54 Å². The number of likely N-dealkylation sites (N-methyl/N-ethyl adjacent to an activating group) is 1. The first-order chi connectivity index (χ1) is 7.69. The molecular weight excluding hydrogens is 230 g/mol. The number of carbonyl (C=O) groups excluding carboxylic acids is 1. The number of hydrogen-bond acceptors (Lipinski definition) is 3. The average molecular weight is 253 g/mol. The van der Waals surface area contributed by atoms with Crippen molar-refractivity contribution >= 4 is 17.1 Å². The van der Waals surface area contributed by atoms with Crippen molar-refractivity contribution in [2.24, 2.45) is 5.41 Å². The van der Waals surface area contributed by atoms with Crippen LogP contribution in [0.2, 0.25) is 0 Å². The molecule has 0 saturated heterocycles. The maximum atomic E-state index is 12.1.